The Hall–Kier alpha value is -4.47. The molecule has 4 rings (SSSR count). The second kappa shape index (κ2) is 14.6. The Morgan fingerprint density at radius 3 is 2.12 bits per heavy atom. The monoisotopic (exact) mass is 599 g/mol. The van der Waals surface area contributed by atoms with Gasteiger partial charge in [-0.1, -0.05) is 78.4 Å². The van der Waals surface area contributed by atoms with Gasteiger partial charge < -0.3 is 9.47 Å². The van der Waals surface area contributed by atoms with E-state index >= 15 is 0 Å². The predicted molar refractivity (Wildman–Crippen MR) is 169 cm³/mol. The molecule has 0 spiro atoms. The number of sulfonamides is 1. The second-order valence-electron chi connectivity index (χ2n) is 10.3. The summed E-state index contributed by atoms with van der Waals surface area (Å²) in [6, 6.07) is 28.4. The van der Waals surface area contributed by atoms with E-state index in [4.69, 9.17) is 9.47 Å². The molecule has 0 aliphatic carbocycles. The fourth-order valence-corrected chi connectivity index (χ4v) is 6.69. The molecule has 0 saturated carbocycles. The molecule has 0 aromatic heterocycles. The molecule has 0 unspecified atom stereocenters. The third-order valence-electron chi connectivity index (χ3n) is 6.84. The zero-order chi connectivity index (χ0) is 30.8. The number of rotatable bonds is 13. The first kappa shape index (κ1) is 31.5. The first-order valence-corrected chi connectivity index (χ1v) is 15.4. The summed E-state index contributed by atoms with van der Waals surface area (Å²) in [6.45, 7) is 5.63. The molecule has 4 aromatic rings. The quantitative estimate of drug-likeness (QED) is 0.160. The van der Waals surface area contributed by atoms with Gasteiger partial charge in [-0.25, -0.2) is 13.8 Å². The van der Waals surface area contributed by atoms with E-state index in [-0.39, 0.29) is 18.0 Å². The molecule has 9 heteroatoms. The number of hydrazone groups is 1. The van der Waals surface area contributed by atoms with Crippen molar-refractivity contribution in [1.29, 1.82) is 0 Å². The van der Waals surface area contributed by atoms with Crippen molar-refractivity contribution in [3.63, 3.8) is 0 Å². The topological polar surface area (TPSA) is 97.3 Å². The molecule has 0 bridgehead atoms. The van der Waals surface area contributed by atoms with E-state index in [1.165, 1.54) is 10.5 Å². The summed E-state index contributed by atoms with van der Waals surface area (Å²) in [5.41, 5.74) is 7.42. The molecule has 0 radical (unpaired) electrons. The summed E-state index contributed by atoms with van der Waals surface area (Å²) in [7, 11) is -2.42. The number of aryl methyl sites for hydroxylation is 3. The van der Waals surface area contributed by atoms with Gasteiger partial charge in [0, 0.05) is 6.54 Å². The molecule has 0 heterocycles. The Morgan fingerprint density at radius 2 is 1.49 bits per heavy atom. The Bertz CT molecular complexity index is 1650. The molecule has 8 nitrogen and oxygen atoms in total. The molecule has 0 saturated heterocycles. The molecule has 1 N–H and O–H groups in total. The summed E-state index contributed by atoms with van der Waals surface area (Å²) >= 11 is 0. The molecule has 0 aliphatic rings. The SMILES string of the molecule is COc1cc(/C=N/NC(=O)CN(CCc2ccccc2)S(=O)(=O)c2c(C)cc(C)cc2C)ccc1OCc1ccccc1. The van der Waals surface area contributed by atoms with Crippen LogP contribution in [0.2, 0.25) is 0 Å². The highest BCUT2D eigenvalue weighted by molar-refractivity contribution is 7.89. The van der Waals surface area contributed by atoms with Crippen LogP contribution in [-0.2, 0) is 27.8 Å². The van der Waals surface area contributed by atoms with Crippen molar-refractivity contribution in [2.24, 2.45) is 5.10 Å². The van der Waals surface area contributed by atoms with Gasteiger partial charge in [-0.3, -0.25) is 4.79 Å². The fraction of sp³-hybridized carbons (Fsp3) is 0.235. The highest BCUT2D eigenvalue weighted by Crippen LogP contribution is 2.28. The van der Waals surface area contributed by atoms with Gasteiger partial charge >= 0.3 is 0 Å². The normalized spacial score (nSPS) is 11.6. The third-order valence-corrected chi connectivity index (χ3v) is 8.99. The van der Waals surface area contributed by atoms with Crippen molar-refractivity contribution >= 4 is 22.1 Å². The molecular formula is C34H37N3O5S. The number of amides is 1. The minimum Gasteiger partial charge on any atom is -0.493 e. The van der Waals surface area contributed by atoms with Crippen molar-refractivity contribution in [2.45, 2.75) is 38.7 Å². The van der Waals surface area contributed by atoms with Gasteiger partial charge in [0.1, 0.15) is 6.61 Å². The van der Waals surface area contributed by atoms with Gasteiger partial charge in [0.05, 0.1) is 24.8 Å². The van der Waals surface area contributed by atoms with Crippen LogP contribution >= 0.6 is 0 Å². The Morgan fingerprint density at radius 1 is 0.860 bits per heavy atom. The number of hydrogen-bond donors (Lipinski definition) is 1. The first-order valence-electron chi connectivity index (χ1n) is 14.0. The average molecular weight is 600 g/mol. The van der Waals surface area contributed by atoms with E-state index in [1.54, 1.807) is 39.2 Å². The van der Waals surface area contributed by atoms with Crippen LogP contribution in [0.15, 0.2) is 101 Å². The van der Waals surface area contributed by atoms with Crippen molar-refractivity contribution in [3.05, 3.63) is 124 Å². The van der Waals surface area contributed by atoms with Gasteiger partial charge in [-0.2, -0.15) is 9.41 Å². The summed E-state index contributed by atoms with van der Waals surface area (Å²) in [5.74, 6) is 0.548. The molecular weight excluding hydrogens is 562 g/mol. The smallest absolute Gasteiger partial charge is 0.255 e. The Balaban J connectivity index is 1.46. The number of nitrogens with one attached hydrogen (secondary N) is 1. The minimum absolute atomic E-state index is 0.137. The lowest BCUT2D eigenvalue weighted by Crippen LogP contribution is -2.41. The number of carbonyl (C=O) groups is 1. The number of nitrogens with zero attached hydrogens (tertiary/aromatic N) is 2. The van der Waals surface area contributed by atoms with E-state index in [1.807, 2.05) is 79.7 Å². The molecule has 0 fully saturated rings. The largest absolute Gasteiger partial charge is 0.493 e. The zero-order valence-electron chi connectivity index (χ0n) is 24.9. The predicted octanol–water partition coefficient (Wildman–Crippen LogP) is 5.58. The molecule has 0 atom stereocenters. The number of benzene rings is 4. The van der Waals surface area contributed by atoms with Crippen LogP contribution in [0, 0.1) is 20.8 Å². The molecule has 0 aliphatic heterocycles. The van der Waals surface area contributed by atoms with E-state index < -0.39 is 15.9 Å². The number of carbonyl (C=O) groups excluding carboxylic acids is 1. The maximum Gasteiger partial charge on any atom is 0.255 e. The van der Waals surface area contributed by atoms with Crippen molar-refractivity contribution in [2.75, 3.05) is 20.2 Å². The van der Waals surface area contributed by atoms with Crippen molar-refractivity contribution < 1.29 is 22.7 Å². The summed E-state index contributed by atoms with van der Waals surface area (Å²) in [6.07, 6.45) is 1.93. The van der Waals surface area contributed by atoms with Crippen LogP contribution < -0.4 is 14.9 Å². The molecule has 4 aromatic carbocycles. The Labute approximate surface area is 254 Å². The summed E-state index contributed by atoms with van der Waals surface area (Å²) < 4.78 is 40.3. The number of ether oxygens (including phenoxy) is 2. The fourth-order valence-electron chi connectivity index (χ4n) is 4.88. The molecule has 43 heavy (non-hydrogen) atoms. The van der Waals surface area contributed by atoms with E-state index in [0.717, 1.165) is 16.7 Å². The third kappa shape index (κ3) is 8.53. The van der Waals surface area contributed by atoms with Crippen LogP contribution in [-0.4, -0.2) is 45.0 Å². The second-order valence-corrected chi connectivity index (χ2v) is 12.2. The average Bonchev–Trinajstić information content (AvgIpc) is 2.98. The van der Waals surface area contributed by atoms with Crippen LogP contribution in [0.25, 0.3) is 0 Å². The molecule has 1 amide bonds. The van der Waals surface area contributed by atoms with Crippen LogP contribution in [0.5, 0.6) is 11.5 Å². The summed E-state index contributed by atoms with van der Waals surface area (Å²) in [4.78, 5) is 13.2. The van der Waals surface area contributed by atoms with Gasteiger partial charge in [0.2, 0.25) is 10.0 Å². The van der Waals surface area contributed by atoms with E-state index in [2.05, 4.69) is 10.5 Å². The van der Waals surface area contributed by atoms with Gasteiger partial charge in [0.15, 0.2) is 11.5 Å². The standard InChI is InChI=1S/C34H37N3O5S/c1-25-19-26(2)34(27(3)20-25)43(39,40)37(18-17-28-11-7-5-8-12-28)23-33(38)36-35-22-30-15-16-31(32(21-30)41-4)42-24-29-13-9-6-10-14-29/h5-16,19-22H,17-18,23-24H2,1-4H3,(H,36,38)/b35-22+. The lowest BCUT2D eigenvalue weighted by Gasteiger charge is -2.24. The van der Waals surface area contributed by atoms with Crippen LogP contribution in [0.4, 0.5) is 0 Å². The minimum atomic E-state index is -3.97. The van der Waals surface area contributed by atoms with Crippen molar-refractivity contribution in [3.8, 4) is 11.5 Å². The highest BCUT2D eigenvalue weighted by Gasteiger charge is 2.29. The maximum absolute atomic E-state index is 13.9. The van der Waals surface area contributed by atoms with Crippen LogP contribution in [0.1, 0.15) is 33.4 Å². The lowest BCUT2D eigenvalue weighted by atomic mass is 10.1. The van der Waals surface area contributed by atoms with Crippen molar-refractivity contribution in [1.82, 2.24) is 9.73 Å². The van der Waals surface area contributed by atoms with Gasteiger partial charge in [0.25, 0.3) is 5.91 Å². The number of methoxy groups -OCH3 is 1. The lowest BCUT2D eigenvalue weighted by molar-refractivity contribution is -0.121. The van der Waals surface area contributed by atoms with Crippen LogP contribution in [0.3, 0.4) is 0 Å². The summed E-state index contributed by atoms with van der Waals surface area (Å²) in [5, 5.41) is 4.07. The van der Waals surface area contributed by atoms with Gasteiger partial charge in [-0.05, 0) is 73.2 Å². The highest BCUT2D eigenvalue weighted by atomic mass is 32.2. The maximum atomic E-state index is 13.9. The zero-order valence-corrected chi connectivity index (χ0v) is 25.7. The number of hydrogen-bond acceptors (Lipinski definition) is 6. The molecule has 224 valence electrons. The van der Waals surface area contributed by atoms with E-state index in [9.17, 15) is 13.2 Å². The van der Waals surface area contributed by atoms with Gasteiger partial charge in [-0.15, -0.1) is 0 Å². The Kier molecular flexibility index (Phi) is 10.7. The first-order chi connectivity index (χ1) is 20.7. The van der Waals surface area contributed by atoms with E-state index in [0.29, 0.717) is 41.2 Å².